The summed E-state index contributed by atoms with van der Waals surface area (Å²) < 4.78 is 52.4. The monoisotopic (exact) mass is 312 g/mol. The number of furan rings is 1. The third-order valence-corrected chi connectivity index (χ3v) is 4.05. The van der Waals surface area contributed by atoms with Crippen LogP contribution < -0.4 is 5.32 Å². The maximum atomic E-state index is 12.4. The van der Waals surface area contributed by atoms with Gasteiger partial charge in [-0.15, -0.1) is 0 Å². The first-order chi connectivity index (χ1) is 9.93. The molecule has 0 fully saturated rings. The molecule has 0 aliphatic heterocycles. The Labute approximate surface area is 119 Å². The van der Waals surface area contributed by atoms with Crippen molar-refractivity contribution in [1.29, 1.82) is 5.26 Å². The number of halogens is 2. The van der Waals surface area contributed by atoms with Gasteiger partial charge in [0.05, 0.1) is 11.4 Å². The summed E-state index contributed by atoms with van der Waals surface area (Å²) in [5, 5.41) is 11.5. The van der Waals surface area contributed by atoms with E-state index in [1.54, 1.807) is 6.07 Å². The lowest BCUT2D eigenvalue weighted by atomic mass is 10.3. The minimum Gasteiger partial charge on any atom is -0.449 e. The average Bonchev–Trinajstić information content (AvgIpc) is 2.93. The number of nitrogens with zero attached hydrogens (tertiary/aromatic N) is 1. The van der Waals surface area contributed by atoms with Gasteiger partial charge in [-0.05, 0) is 36.4 Å². The molecule has 0 aliphatic carbocycles. The second-order valence-electron chi connectivity index (χ2n) is 4.06. The van der Waals surface area contributed by atoms with Gasteiger partial charge in [0.25, 0.3) is 0 Å². The summed E-state index contributed by atoms with van der Waals surface area (Å²) in [7, 11) is -4.58. The molecule has 1 aromatic heterocycles. The van der Waals surface area contributed by atoms with Crippen molar-refractivity contribution in [1.82, 2.24) is 0 Å². The quantitative estimate of drug-likeness (QED) is 0.918. The van der Waals surface area contributed by atoms with E-state index >= 15 is 0 Å². The average molecular weight is 312 g/mol. The molecule has 0 radical (unpaired) electrons. The van der Waals surface area contributed by atoms with Crippen molar-refractivity contribution >= 4 is 15.5 Å². The van der Waals surface area contributed by atoms with Crippen LogP contribution in [0.25, 0.3) is 0 Å². The van der Waals surface area contributed by atoms with E-state index in [-0.39, 0.29) is 12.3 Å². The molecule has 0 atom stereocenters. The molecule has 1 aromatic carbocycles. The summed E-state index contributed by atoms with van der Waals surface area (Å²) in [5.74, 6) is -2.73. The van der Waals surface area contributed by atoms with E-state index in [1.165, 1.54) is 18.2 Å². The molecule has 0 saturated heterocycles. The highest BCUT2D eigenvalue weighted by molar-refractivity contribution is 7.91. The topological polar surface area (TPSA) is 83.1 Å². The van der Waals surface area contributed by atoms with Gasteiger partial charge in [0.1, 0.15) is 11.8 Å². The fourth-order valence-electron chi connectivity index (χ4n) is 1.59. The summed E-state index contributed by atoms with van der Waals surface area (Å²) >= 11 is 0. The van der Waals surface area contributed by atoms with Gasteiger partial charge >= 0.3 is 5.76 Å². The molecule has 0 amide bonds. The number of hydrogen-bond acceptors (Lipinski definition) is 5. The molecule has 1 heterocycles. The smallest absolute Gasteiger partial charge is 0.341 e. The highest BCUT2D eigenvalue weighted by Gasteiger charge is 2.26. The van der Waals surface area contributed by atoms with Crippen molar-refractivity contribution < 1.29 is 21.6 Å². The van der Waals surface area contributed by atoms with Gasteiger partial charge in [0, 0.05) is 5.69 Å². The number of nitriles is 1. The van der Waals surface area contributed by atoms with Crippen LogP contribution in [-0.4, -0.2) is 14.2 Å². The van der Waals surface area contributed by atoms with Crippen molar-refractivity contribution in [2.75, 3.05) is 5.32 Å². The Kier molecular flexibility index (Phi) is 4.23. The fourth-order valence-corrected chi connectivity index (χ4v) is 2.31. The van der Waals surface area contributed by atoms with Gasteiger partial charge in [-0.25, -0.2) is 8.42 Å². The zero-order chi connectivity index (χ0) is 15.5. The molecule has 0 bridgehead atoms. The fraction of sp³-hybridized carbons (Fsp3) is 0.154. The van der Waals surface area contributed by atoms with E-state index in [9.17, 15) is 17.2 Å². The standard InChI is InChI=1S/C13H10F2N2O3S/c14-13(15)21(18,19)12-5-1-9(2-6-12)17-8-11-4-3-10(7-16)20-11/h1-6,13,17H,8H2. The van der Waals surface area contributed by atoms with Crippen LogP contribution in [0, 0.1) is 11.3 Å². The normalized spacial score (nSPS) is 11.3. The van der Waals surface area contributed by atoms with Crippen molar-refractivity contribution in [3.8, 4) is 6.07 Å². The number of alkyl halides is 2. The molecule has 110 valence electrons. The maximum absolute atomic E-state index is 12.4. The number of hydrogen-bond donors (Lipinski definition) is 1. The Balaban J connectivity index is 2.05. The Hall–Kier alpha value is -2.40. The van der Waals surface area contributed by atoms with Gasteiger partial charge in [0.2, 0.25) is 15.6 Å². The number of anilines is 1. The summed E-state index contributed by atoms with van der Waals surface area (Å²) in [5.41, 5.74) is 0.540. The molecule has 1 N–H and O–H groups in total. The predicted molar refractivity (Wildman–Crippen MR) is 70.4 cm³/mol. The first-order valence-electron chi connectivity index (χ1n) is 5.78. The molecule has 2 rings (SSSR count). The lowest BCUT2D eigenvalue weighted by Gasteiger charge is -2.06. The van der Waals surface area contributed by atoms with E-state index in [0.29, 0.717) is 11.4 Å². The first kappa shape index (κ1) is 15.0. The van der Waals surface area contributed by atoms with Gasteiger partial charge in [-0.3, -0.25) is 0 Å². The van der Waals surface area contributed by atoms with Crippen molar-refractivity contribution in [2.45, 2.75) is 17.2 Å². The Bertz CT molecular complexity index is 761. The SMILES string of the molecule is N#Cc1ccc(CNc2ccc(S(=O)(=O)C(F)F)cc2)o1. The third kappa shape index (κ3) is 3.38. The maximum Gasteiger partial charge on any atom is 0.341 e. The lowest BCUT2D eigenvalue weighted by molar-refractivity contribution is 0.234. The van der Waals surface area contributed by atoms with Crippen molar-refractivity contribution in [2.24, 2.45) is 0 Å². The van der Waals surface area contributed by atoms with Crippen LogP contribution >= 0.6 is 0 Å². The Morgan fingerprint density at radius 2 is 1.86 bits per heavy atom. The molecule has 0 unspecified atom stereocenters. The summed E-state index contributed by atoms with van der Waals surface area (Å²) in [6.45, 7) is 0.280. The third-order valence-electron chi connectivity index (χ3n) is 2.66. The molecule has 0 saturated carbocycles. The Morgan fingerprint density at radius 3 is 2.38 bits per heavy atom. The number of sulfone groups is 1. The van der Waals surface area contributed by atoms with Gasteiger partial charge in [0.15, 0.2) is 0 Å². The number of nitrogens with one attached hydrogen (secondary N) is 1. The van der Waals surface area contributed by atoms with Crippen LogP contribution in [0.2, 0.25) is 0 Å². The summed E-state index contributed by atoms with van der Waals surface area (Å²) in [6.07, 6.45) is 0. The highest BCUT2D eigenvalue weighted by atomic mass is 32.2. The molecular weight excluding hydrogens is 302 g/mol. The minimum atomic E-state index is -4.58. The van der Waals surface area contributed by atoms with Crippen LogP contribution in [0.5, 0.6) is 0 Å². The molecule has 0 aliphatic rings. The summed E-state index contributed by atoms with van der Waals surface area (Å²) in [6, 6.07) is 9.96. The first-order valence-corrected chi connectivity index (χ1v) is 7.33. The molecule has 5 nitrogen and oxygen atoms in total. The zero-order valence-electron chi connectivity index (χ0n) is 10.6. The zero-order valence-corrected chi connectivity index (χ0v) is 11.4. The predicted octanol–water partition coefficient (Wildman–Crippen LogP) is 2.76. The largest absolute Gasteiger partial charge is 0.449 e. The molecule has 21 heavy (non-hydrogen) atoms. The second kappa shape index (κ2) is 5.93. The van der Waals surface area contributed by atoms with Crippen LogP contribution in [0.3, 0.4) is 0 Å². The molecule has 0 spiro atoms. The van der Waals surface area contributed by atoms with E-state index in [0.717, 1.165) is 12.1 Å². The van der Waals surface area contributed by atoms with Crippen LogP contribution in [0.15, 0.2) is 45.7 Å². The van der Waals surface area contributed by atoms with Crippen LogP contribution in [0.4, 0.5) is 14.5 Å². The minimum absolute atomic E-state index is 0.185. The number of rotatable bonds is 5. The van der Waals surface area contributed by atoms with E-state index in [2.05, 4.69) is 5.32 Å². The van der Waals surface area contributed by atoms with E-state index < -0.39 is 20.5 Å². The van der Waals surface area contributed by atoms with Gasteiger partial charge in [-0.2, -0.15) is 14.0 Å². The van der Waals surface area contributed by atoms with Crippen LogP contribution in [-0.2, 0) is 16.4 Å². The Morgan fingerprint density at radius 1 is 1.19 bits per heavy atom. The lowest BCUT2D eigenvalue weighted by Crippen LogP contribution is -2.11. The second-order valence-corrected chi connectivity index (χ2v) is 5.98. The van der Waals surface area contributed by atoms with Crippen molar-refractivity contribution in [3.63, 3.8) is 0 Å². The van der Waals surface area contributed by atoms with E-state index in [1.807, 2.05) is 6.07 Å². The highest BCUT2D eigenvalue weighted by Crippen LogP contribution is 2.20. The van der Waals surface area contributed by atoms with Crippen LogP contribution in [0.1, 0.15) is 11.5 Å². The molecular formula is C13H10F2N2O3S. The molecule has 2 aromatic rings. The van der Waals surface area contributed by atoms with Gasteiger partial charge < -0.3 is 9.73 Å². The molecule has 8 heteroatoms. The summed E-state index contributed by atoms with van der Waals surface area (Å²) in [4.78, 5) is -0.437. The van der Waals surface area contributed by atoms with Crippen molar-refractivity contribution in [3.05, 3.63) is 47.9 Å². The van der Waals surface area contributed by atoms with Gasteiger partial charge in [-0.1, -0.05) is 0 Å². The number of benzene rings is 1. The van der Waals surface area contributed by atoms with E-state index in [4.69, 9.17) is 9.68 Å².